The molecule has 0 saturated carbocycles. The summed E-state index contributed by atoms with van der Waals surface area (Å²) in [4.78, 5) is 27.3. The standard InChI is InChI=1S/C25H34N2O3/c1-6-20(4)26-25(29)21(5)27(15-14-22-10-8-7-9-11-22)24(28)17-30-23-13-12-18(2)19(3)16-23/h7-13,16,20-21H,6,14-15,17H2,1-5H3,(H,26,29). The minimum absolute atomic E-state index is 0.0674. The second kappa shape index (κ2) is 11.4. The molecular weight excluding hydrogens is 376 g/mol. The van der Waals surface area contributed by atoms with Gasteiger partial charge in [-0.25, -0.2) is 0 Å². The van der Waals surface area contributed by atoms with Crippen LogP contribution in [0, 0.1) is 13.8 Å². The Balaban J connectivity index is 2.08. The van der Waals surface area contributed by atoms with Crippen molar-refractivity contribution >= 4 is 11.8 Å². The lowest BCUT2D eigenvalue weighted by atomic mass is 10.1. The third-order valence-corrected chi connectivity index (χ3v) is 5.49. The van der Waals surface area contributed by atoms with Gasteiger partial charge in [0.15, 0.2) is 6.61 Å². The monoisotopic (exact) mass is 410 g/mol. The molecule has 0 aromatic heterocycles. The van der Waals surface area contributed by atoms with E-state index in [0.717, 1.165) is 17.5 Å². The maximum atomic E-state index is 13.0. The van der Waals surface area contributed by atoms with Crippen molar-refractivity contribution in [3.63, 3.8) is 0 Å². The molecule has 2 aromatic carbocycles. The van der Waals surface area contributed by atoms with E-state index in [1.807, 2.05) is 76.2 Å². The van der Waals surface area contributed by atoms with Gasteiger partial charge in [-0.2, -0.15) is 0 Å². The van der Waals surface area contributed by atoms with Gasteiger partial charge in [0.05, 0.1) is 0 Å². The number of rotatable bonds is 10. The van der Waals surface area contributed by atoms with Crippen LogP contribution < -0.4 is 10.1 Å². The molecule has 1 N–H and O–H groups in total. The summed E-state index contributed by atoms with van der Waals surface area (Å²) in [6, 6.07) is 15.2. The lowest BCUT2D eigenvalue weighted by Gasteiger charge is -2.29. The van der Waals surface area contributed by atoms with Crippen molar-refractivity contribution in [1.82, 2.24) is 10.2 Å². The molecule has 5 heteroatoms. The molecule has 0 aliphatic carbocycles. The predicted octanol–water partition coefficient (Wildman–Crippen LogP) is 4.06. The van der Waals surface area contributed by atoms with E-state index in [1.54, 1.807) is 11.8 Å². The van der Waals surface area contributed by atoms with Crippen LogP contribution in [-0.2, 0) is 16.0 Å². The SMILES string of the molecule is CCC(C)NC(=O)C(C)N(CCc1ccccc1)C(=O)COc1ccc(C)c(C)c1. The molecule has 0 bridgehead atoms. The number of carbonyl (C=O) groups excluding carboxylic acids is 2. The van der Waals surface area contributed by atoms with Crippen LogP contribution >= 0.6 is 0 Å². The van der Waals surface area contributed by atoms with E-state index in [9.17, 15) is 9.59 Å². The molecule has 0 saturated heterocycles. The highest BCUT2D eigenvalue weighted by Gasteiger charge is 2.26. The van der Waals surface area contributed by atoms with Gasteiger partial charge < -0.3 is 15.0 Å². The van der Waals surface area contributed by atoms with Crippen LogP contribution in [0.2, 0.25) is 0 Å². The van der Waals surface area contributed by atoms with Crippen molar-refractivity contribution in [2.75, 3.05) is 13.2 Å². The highest BCUT2D eigenvalue weighted by atomic mass is 16.5. The summed E-state index contributed by atoms with van der Waals surface area (Å²) >= 11 is 0. The molecule has 0 radical (unpaired) electrons. The van der Waals surface area contributed by atoms with Crippen LogP contribution in [0.4, 0.5) is 0 Å². The van der Waals surface area contributed by atoms with Crippen molar-refractivity contribution in [2.24, 2.45) is 0 Å². The van der Waals surface area contributed by atoms with Crippen LogP contribution in [0.15, 0.2) is 48.5 Å². The molecule has 2 rings (SSSR count). The van der Waals surface area contributed by atoms with Gasteiger partial charge in [-0.3, -0.25) is 9.59 Å². The van der Waals surface area contributed by atoms with Gasteiger partial charge in [0, 0.05) is 12.6 Å². The van der Waals surface area contributed by atoms with Crippen molar-refractivity contribution in [3.8, 4) is 5.75 Å². The third kappa shape index (κ3) is 6.90. The van der Waals surface area contributed by atoms with Gasteiger partial charge in [0.1, 0.15) is 11.8 Å². The highest BCUT2D eigenvalue weighted by Crippen LogP contribution is 2.17. The second-order valence-electron chi connectivity index (χ2n) is 7.85. The summed E-state index contributed by atoms with van der Waals surface area (Å²) in [5, 5.41) is 2.98. The van der Waals surface area contributed by atoms with E-state index >= 15 is 0 Å². The number of hydrogen-bond acceptors (Lipinski definition) is 3. The summed E-state index contributed by atoms with van der Waals surface area (Å²) < 4.78 is 5.75. The molecule has 2 amide bonds. The average Bonchev–Trinajstić information content (AvgIpc) is 2.75. The largest absolute Gasteiger partial charge is 0.484 e. The number of ether oxygens (including phenoxy) is 1. The molecular formula is C25H34N2O3. The Labute approximate surface area is 180 Å². The molecule has 0 aliphatic heterocycles. The molecule has 0 aliphatic rings. The number of nitrogens with one attached hydrogen (secondary N) is 1. The summed E-state index contributed by atoms with van der Waals surface area (Å²) in [5.74, 6) is 0.319. The first-order valence-electron chi connectivity index (χ1n) is 10.7. The maximum absolute atomic E-state index is 13.0. The Morgan fingerprint density at radius 1 is 1.03 bits per heavy atom. The molecule has 2 unspecified atom stereocenters. The van der Waals surface area contributed by atoms with E-state index in [1.165, 1.54) is 5.56 Å². The van der Waals surface area contributed by atoms with Gasteiger partial charge in [-0.05, 0) is 69.4 Å². The van der Waals surface area contributed by atoms with Crippen LogP contribution in [0.3, 0.4) is 0 Å². The first-order chi connectivity index (χ1) is 14.3. The van der Waals surface area contributed by atoms with Crippen molar-refractivity contribution in [1.29, 1.82) is 0 Å². The third-order valence-electron chi connectivity index (χ3n) is 5.49. The van der Waals surface area contributed by atoms with E-state index < -0.39 is 6.04 Å². The molecule has 0 spiro atoms. The molecule has 30 heavy (non-hydrogen) atoms. The predicted molar refractivity (Wildman–Crippen MR) is 121 cm³/mol. The summed E-state index contributed by atoms with van der Waals surface area (Å²) in [7, 11) is 0. The number of aryl methyl sites for hydroxylation is 2. The Morgan fingerprint density at radius 2 is 1.73 bits per heavy atom. The van der Waals surface area contributed by atoms with Crippen molar-refractivity contribution < 1.29 is 14.3 Å². The fraction of sp³-hybridized carbons (Fsp3) is 0.440. The van der Waals surface area contributed by atoms with Gasteiger partial charge in [0.2, 0.25) is 5.91 Å². The number of hydrogen-bond donors (Lipinski definition) is 1. The van der Waals surface area contributed by atoms with Crippen LogP contribution in [-0.4, -0.2) is 41.9 Å². The normalized spacial score (nSPS) is 12.7. The van der Waals surface area contributed by atoms with E-state index in [0.29, 0.717) is 18.7 Å². The number of carbonyl (C=O) groups is 2. The zero-order valence-corrected chi connectivity index (χ0v) is 18.8. The zero-order valence-electron chi connectivity index (χ0n) is 18.8. The van der Waals surface area contributed by atoms with E-state index in [2.05, 4.69) is 5.32 Å². The summed E-state index contributed by atoms with van der Waals surface area (Å²) in [6.07, 6.45) is 1.52. The minimum atomic E-state index is -0.571. The molecule has 2 aromatic rings. The minimum Gasteiger partial charge on any atom is -0.484 e. The Kier molecular flexibility index (Phi) is 8.90. The number of nitrogens with zero attached hydrogens (tertiary/aromatic N) is 1. The van der Waals surface area contributed by atoms with Gasteiger partial charge >= 0.3 is 0 Å². The fourth-order valence-corrected chi connectivity index (χ4v) is 3.07. The van der Waals surface area contributed by atoms with Gasteiger partial charge in [0.25, 0.3) is 5.91 Å². The first-order valence-corrected chi connectivity index (χ1v) is 10.7. The number of amides is 2. The lowest BCUT2D eigenvalue weighted by Crippen LogP contribution is -2.51. The van der Waals surface area contributed by atoms with Gasteiger partial charge in [-0.15, -0.1) is 0 Å². The molecule has 0 heterocycles. The molecule has 162 valence electrons. The van der Waals surface area contributed by atoms with Crippen molar-refractivity contribution in [3.05, 3.63) is 65.2 Å². The summed E-state index contributed by atoms with van der Waals surface area (Å²) in [5.41, 5.74) is 3.41. The maximum Gasteiger partial charge on any atom is 0.261 e. The Hall–Kier alpha value is -2.82. The average molecular weight is 411 g/mol. The topological polar surface area (TPSA) is 58.6 Å². The van der Waals surface area contributed by atoms with Crippen LogP contribution in [0.25, 0.3) is 0 Å². The molecule has 2 atom stereocenters. The fourth-order valence-electron chi connectivity index (χ4n) is 3.07. The van der Waals surface area contributed by atoms with Crippen molar-refractivity contribution in [2.45, 2.75) is 59.5 Å². The second-order valence-corrected chi connectivity index (χ2v) is 7.85. The van der Waals surface area contributed by atoms with Crippen LogP contribution in [0.1, 0.15) is 43.9 Å². The lowest BCUT2D eigenvalue weighted by molar-refractivity contribution is -0.141. The quantitative estimate of drug-likeness (QED) is 0.643. The van der Waals surface area contributed by atoms with E-state index in [4.69, 9.17) is 4.74 Å². The highest BCUT2D eigenvalue weighted by molar-refractivity contribution is 5.88. The van der Waals surface area contributed by atoms with E-state index in [-0.39, 0.29) is 24.5 Å². The molecule has 0 fully saturated rings. The smallest absolute Gasteiger partial charge is 0.261 e. The Morgan fingerprint density at radius 3 is 2.37 bits per heavy atom. The van der Waals surface area contributed by atoms with Crippen LogP contribution in [0.5, 0.6) is 5.75 Å². The van der Waals surface area contributed by atoms with Gasteiger partial charge in [-0.1, -0.05) is 43.3 Å². The summed E-state index contributed by atoms with van der Waals surface area (Å²) in [6.45, 7) is 10.2. The Bertz CT molecular complexity index is 836. The number of benzene rings is 2. The zero-order chi connectivity index (χ0) is 22.1. The molecule has 5 nitrogen and oxygen atoms in total. The first kappa shape index (κ1) is 23.5.